The minimum absolute atomic E-state index is 0.0699. The van der Waals surface area contributed by atoms with Crippen molar-refractivity contribution in [2.24, 2.45) is 0 Å². The number of nitrogens with zero attached hydrogens (tertiary/aromatic N) is 1. The van der Waals surface area contributed by atoms with Crippen LogP contribution in [0.3, 0.4) is 0 Å². The maximum absolute atomic E-state index is 13.5. The van der Waals surface area contributed by atoms with Crippen LogP contribution in [-0.4, -0.2) is 29.5 Å². The van der Waals surface area contributed by atoms with Crippen molar-refractivity contribution < 1.29 is 4.79 Å². The summed E-state index contributed by atoms with van der Waals surface area (Å²) in [5.74, 6) is 0.276. The molecular formula is C21H30N2OP+. The number of amides is 1. The van der Waals surface area contributed by atoms with E-state index in [1.807, 2.05) is 26.0 Å². The SMILES string of the molecule is [C-]#[N+]c1cc(C)c(NC(=O)C2([P+]3(CC)CCCCC3)CCC2)c(C)c1. The van der Waals surface area contributed by atoms with Crippen LogP contribution in [-0.2, 0) is 4.79 Å². The molecule has 1 heterocycles. The normalized spacial score (nSPS) is 21.0. The van der Waals surface area contributed by atoms with Gasteiger partial charge in [0.15, 0.2) is 10.8 Å². The van der Waals surface area contributed by atoms with Gasteiger partial charge in [-0.15, -0.1) is 0 Å². The molecule has 0 aromatic heterocycles. The Kier molecular flexibility index (Phi) is 5.21. The van der Waals surface area contributed by atoms with Crippen molar-refractivity contribution in [2.75, 3.05) is 23.8 Å². The molecule has 25 heavy (non-hydrogen) atoms. The molecule has 1 amide bonds. The second kappa shape index (κ2) is 7.08. The summed E-state index contributed by atoms with van der Waals surface area (Å²) in [5, 5.41) is 3.24. The van der Waals surface area contributed by atoms with Crippen molar-refractivity contribution in [3.63, 3.8) is 0 Å². The molecule has 1 aromatic rings. The molecule has 0 bridgehead atoms. The Morgan fingerprint density at radius 1 is 1.16 bits per heavy atom. The lowest BCUT2D eigenvalue weighted by atomic mass is 9.83. The van der Waals surface area contributed by atoms with E-state index in [1.54, 1.807) is 0 Å². The standard InChI is InChI=1S/C21H29N2OP/c1-5-25(12-7-6-8-13-25)21(10-9-11-21)20(24)23-19-16(2)14-18(22-4)15-17(19)3/h14-15H,5-13H2,1-3H3/p+1. The van der Waals surface area contributed by atoms with Crippen LogP contribution in [0, 0.1) is 20.4 Å². The van der Waals surface area contributed by atoms with E-state index in [0.29, 0.717) is 5.69 Å². The molecule has 134 valence electrons. The lowest BCUT2D eigenvalue weighted by molar-refractivity contribution is -0.120. The van der Waals surface area contributed by atoms with E-state index in [4.69, 9.17) is 6.57 Å². The third kappa shape index (κ3) is 3.00. The molecule has 0 atom stereocenters. The molecule has 0 spiro atoms. The van der Waals surface area contributed by atoms with Gasteiger partial charge in [-0.3, -0.25) is 4.79 Å². The Hall–Kier alpha value is -1.39. The van der Waals surface area contributed by atoms with E-state index < -0.39 is 7.26 Å². The summed E-state index contributed by atoms with van der Waals surface area (Å²) >= 11 is 0. The first-order valence-electron chi connectivity index (χ1n) is 9.64. The van der Waals surface area contributed by atoms with Crippen LogP contribution in [0.15, 0.2) is 12.1 Å². The number of anilines is 1. The van der Waals surface area contributed by atoms with Gasteiger partial charge in [-0.2, -0.15) is 0 Å². The highest BCUT2D eigenvalue weighted by Crippen LogP contribution is 2.76. The van der Waals surface area contributed by atoms with Crippen molar-refractivity contribution in [3.8, 4) is 0 Å². The molecule has 1 saturated carbocycles. The number of benzene rings is 1. The zero-order chi connectivity index (χ0) is 18.1. The number of hydrogen-bond acceptors (Lipinski definition) is 1. The molecule has 0 radical (unpaired) electrons. The predicted octanol–water partition coefficient (Wildman–Crippen LogP) is 5.94. The zero-order valence-electron chi connectivity index (χ0n) is 15.8. The Morgan fingerprint density at radius 2 is 1.76 bits per heavy atom. The van der Waals surface area contributed by atoms with Crippen LogP contribution in [0.5, 0.6) is 0 Å². The minimum Gasteiger partial charge on any atom is -0.322 e. The molecule has 1 aliphatic heterocycles. The Bertz CT molecular complexity index is 686. The van der Waals surface area contributed by atoms with Crippen LogP contribution in [0.1, 0.15) is 56.6 Å². The number of aryl methyl sites for hydroxylation is 2. The first-order valence-corrected chi connectivity index (χ1v) is 12.0. The Labute approximate surface area is 152 Å². The van der Waals surface area contributed by atoms with Gasteiger partial charge in [0, 0.05) is 12.9 Å². The maximum Gasteiger partial charge on any atom is 0.268 e. The highest BCUT2D eigenvalue weighted by atomic mass is 31.2. The summed E-state index contributed by atoms with van der Waals surface area (Å²) < 4.78 is 0. The van der Waals surface area contributed by atoms with Gasteiger partial charge < -0.3 is 5.32 Å². The van der Waals surface area contributed by atoms with Crippen molar-refractivity contribution in [2.45, 2.75) is 64.5 Å². The summed E-state index contributed by atoms with van der Waals surface area (Å²) in [6, 6.07) is 3.77. The molecule has 2 aliphatic rings. The lowest BCUT2D eigenvalue weighted by Crippen LogP contribution is -2.52. The molecule has 3 rings (SSSR count). The molecule has 3 nitrogen and oxygen atoms in total. The summed E-state index contributed by atoms with van der Waals surface area (Å²) in [6.45, 7) is 13.5. The monoisotopic (exact) mass is 357 g/mol. The summed E-state index contributed by atoms with van der Waals surface area (Å²) in [7, 11) is -1.21. The fourth-order valence-electron chi connectivity index (χ4n) is 5.03. The van der Waals surface area contributed by atoms with Crippen molar-refractivity contribution >= 4 is 24.5 Å². The summed E-state index contributed by atoms with van der Waals surface area (Å²) in [5.41, 5.74) is 3.58. The van der Waals surface area contributed by atoms with Crippen molar-refractivity contribution in [3.05, 3.63) is 34.7 Å². The van der Waals surface area contributed by atoms with E-state index in [9.17, 15) is 4.79 Å². The molecule has 1 aromatic carbocycles. The molecule has 4 heteroatoms. The van der Waals surface area contributed by atoms with E-state index in [1.165, 1.54) is 44.2 Å². The number of nitrogens with one attached hydrogen (secondary N) is 1. The minimum atomic E-state index is -1.21. The van der Waals surface area contributed by atoms with Crippen LogP contribution < -0.4 is 5.32 Å². The topological polar surface area (TPSA) is 33.5 Å². The van der Waals surface area contributed by atoms with Crippen LogP contribution in [0.2, 0.25) is 0 Å². The van der Waals surface area contributed by atoms with Crippen LogP contribution >= 0.6 is 7.26 Å². The Morgan fingerprint density at radius 3 is 2.20 bits per heavy atom. The largest absolute Gasteiger partial charge is 0.322 e. The lowest BCUT2D eigenvalue weighted by Gasteiger charge is -2.50. The first kappa shape index (κ1) is 18.4. The van der Waals surface area contributed by atoms with Gasteiger partial charge in [0.25, 0.3) is 5.91 Å². The average Bonchev–Trinajstić information content (AvgIpc) is 2.57. The molecule has 1 saturated heterocycles. The second-order valence-corrected chi connectivity index (χ2v) is 12.5. The second-order valence-electron chi connectivity index (χ2n) is 7.87. The zero-order valence-corrected chi connectivity index (χ0v) is 16.7. The van der Waals surface area contributed by atoms with Gasteiger partial charge in [-0.1, -0.05) is 12.1 Å². The number of carbonyl (C=O) groups is 1. The highest BCUT2D eigenvalue weighted by Gasteiger charge is 2.64. The van der Waals surface area contributed by atoms with E-state index >= 15 is 0 Å². The number of rotatable bonds is 4. The van der Waals surface area contributed by atoms with Gasteiger partial charge in [0.1, 0.15) is 0 Å². The third-order valence-corrected chi connectivity index (χ3v) is 12.7. The van der Waals surface area contributed by atoms with Gasteiger partial charge in [-0.25, -0.2) is 4.85 Å². The smallest absolute Gasteiger partial charge is 0.268 e. The van der Waals surface area contributed by atoms with Gasteiger partial charge in [0.2, 0.25) is 0 Å². The summed E-state index contributed by atoms with van der Waals surface area (Å²) in [4.78, 5) is 17.0. The quantitative estimate of drug-likeness (QED) is 0.525. The first-order chi connectivity index (χ1) is 12.0. The predicted molar refractivity (Wildman–Crippen MR) is 108 cm³/mol. The van der Waals surface area contributed by atoms with Gasteiger partial charge in [0.05, 0.1) is 25.1 Å². The van der Waals surface area contributed by atoms with E-state index in [2.05, 4.69) is 17.1 Å². The highest BCUT2D eigenvalue weighted by molar-refractivity contribution is 7.78. The maximum atomic E-state index is 13.5. The summed E-state index contributed by atoms with van der Waals surface area (Å²) in [6.07, 6.45) is 11.2. The molecule has 1 aliphatic carbocycles. The van der Waals surface area contributed by atoms with Crippen LogP contribution in [0.25, 0.3) is 4.85 Å². The van der Waals surface area contributed by atoms with Crippen molar-refractivity contribution in [1.82, 2.24) is 0 Å². The molecule has 0 unspecified atom stereocenters. The molecular weight excluding hydrogens is 327 g/mol. The van der Waals surface area contributed by atoms with E-state index in [-0.39, 0.29) is 11.1 Å². The molecule has 1 N–H and O–H groups in total. The fourth-order valence-corrected chi connectivity index (χ4v) is 10.8. The number of carbonyl (C=O) groups excluding carboxylic acids is 1. The Balaban J connectivity index is 1.90. The van der Waals surface area contributed by atoms with Crippen LogP contribution in [0.4, 0.5) is 11.4 Å². The van der Waals surface area contributed by atoms with Gasteiger partial charge >= 0.3 is 0 Å². The molecule has 2 fully saturated rings. The number of hydrogen-bond donors (Lipinski definition) is 1. The van der Waals surface area contributed by atoms with Gasteiger partial charge in [-0.05, 0) is 70.4 Å². The fraction of sp³-hybridized carbons (Fsp3) is 0.619. The van der Waals surface area contributed by atoms with Crippen molar-refractivity contribution in [1.29, 1.82) is 0 Å². The third-order valence-electron chi connectivity index (χ3n) is 6.67. The van der Waals surface area contributed by atoms with E-state index in [0.717, 1.165) is 29.7 Å². The average molecular weight is 357 g/mol.